The summed E-state index contributed by atoms with van der Waals surface area (Å²) in [4.78, 5) is 12.7. The third kappa shape index (κ3) is 3.19. The minimum absolute atomic E-state index is 0.134. The SMILES string of the molecule is Cc1ccc2c(c1)c(=O)n(C)c1nnc(CNC(C)(C)c3ccc(F)c(F)c3)n21. The monoisotopic (exact) mass is 397 g/mol. The molecule has 0 unspecified atom stereocenters. The van der Waals surface area contributed by atoms with Crippen molar-refractivity contribution in [2.45, 2.75) is 32.9 Å². The third-order valence-electron chi connectivity index (χ3n) is 5.27. The molecular formula is C21H21F2N5O. The van der Waals surface area contributed by atoms with Crippen LogP contribution in [0, 0.1) is 18.6 Å². The van der Waals surface area contributed by atoms with Crippen molar-refractivity contribution in [1.29, 1.82) is 0 Å². The highest BCUT2D eigenvalue weighted by atomic mass is 19.2. The first kappa shape index (κ1) is 19.2. The summed E-state index contributed by atoms with van der Waals surface area (Å²) < 4.78 is 30.2. The number of benzene rings is 2. The third-order valence-corrected chi connectivity index (χ3v) is 5.27. The first-order valence-corrected chi connectivity index (χ1v) is 9.23. The van der Waals surface area contributed by atoms with Crippen molar-refractivity contribution in [2.24, 2.45) is 7.05 Å². The molecule has 8 heteroatoms. The molecule has 2 heterocycles. The molecule has 29 heavy (non-hydrogen) atoms. The second-order valence-corrected chi connectivity index (χ2v) is 7.74. The van der Waals surface area contributed by atoms with Gasteiger partial charge in [-0.1, -0.05) is 17.7 Å². The summed E-state index contributed by atoms with van der Waals surface area (Å²) in [7, 11) is 1.66. The van der Waals surface area contributed by atoms with Crippen LogP contribution in [-0.4, -0.2) is 19.2 Å². The Labute approximate surface area is 165 Å². The molecule has 0 spiro atoms. The van der Waals surface area contributed by atoms with Gasteiger partial charge in [0.15, 0.2) is 17.5 Å². The lowest BCUT2D eigenvalue weighted by molar-refractivity contribution is 0.390. The average molecular weight is 397 g/mol. The van der Waals surface area contributed by atoms with Gasteiger partial charge in [-0.15, -0.1) is 10.2 Å². The number of aromatic nitrogens is 4. The van der Waals surface area contributed by atoms with Crippen LogP contribution >= 0.6 is 0 Å². The second-order valence-electron chi connectivity index (χ2n) is 7.74. The van der Waals surface area contributed by atoms with Crippen molar-refractivity contribution in [3.8, 4) is 0 Å². The number of rotatable bonds is 4. The van der Waals surface area contributed by atoms with Gasteiger partial charge in [-0.3, -0.25) is 13.8 Å². The predicted octanol–water partition coefficient (Wildman–Crippen LogP) is 3.19. The first-order valence-electron chi connectivity index (χ1n) is 9.23. The lowest BCUT2D eigenvalue weighted by atomic mass is 9.94. The molecule has 1 N–H and O–H groups in total. The van der Waals surface area contributed by atoms with Crippen molar-refractivity contribution < 1.29 is 8.78 Å². The molecular weight excluding hydrogens is 376 g/mol. The van der Waals surface area contributed by atoms with Crippen LogP contribution in [0.1, 0.15) is 30.8 Å². The zero-order chi connectivity index (χ0) is 20.9. The van der Waals surface area contributed by atoms with Gasteiger partial charge in [-0.25, -0.2) is 8.78 Å². The molecule has 0 aliphatic rings. The lowest BCUT2D eigenvalue weighted by Gasteiger charge is -2.27. The van der Waals surface area contributed by atoms with E-state index in [0.717, 1.165) is 17.1 Å². The normalized spacial score (nSPS) is 12.2. The van der Waals surface area contributed by atoms with Crippen LogP contribution in [-0.2, 0) is 19.1 Å². The van der Waals surface area contributed by atoms with E-state index in [1.807, 2.05) is 43.4 Å². The van der Waals surface area contributed by atoms with Crippen LogP contribution in [0.5, 0.6) is 0 Å². The Balaban J connectivity index is 1.76. The number of fused-ring (bicyclic) bond motifs is 3. The molecule has 0 bridgehead atoms. The van der Waals surface area contributed by atoms with Gasteiger partial charge >= 0.3 is 0 Å². The fourth-order valence-corrected chi connectivity index (χ4v) is 3.46. The largest absolute Gasteiger partial charge is 0.301 e. The van der Waals surface area contributed by atoms with Gasteiger partial charge in [-0.2, -0.15) is 0 Å². The number of hydrogen-bond donors (Lipinski definition) is 1. The van der Waals surface area contributed by atoms with E-state index < -0.39 is 17.2 Å². The number of hydrogen-bond acceptors (Lipinski definition) is 4. The smallest absolute Gasteiger partial charge is 0.262 e. The van der Waals surface area contributed by atoms with Gasteiger partial charge in [0.25, 0.3) is 5.56 Å². The Kier molecular flexibility index (Phi) is 4.46. The Morgan fingerprint density at radius 2 is 1.83 bits per heavy atom. The van der Waals surface area contributed by atoms with Crippen LogP contribution < -0.4 is 10.9 Å². The molecule has 2 aromatic heterocycles. The van der Waals surface area contributed by atoms with Gasteiger partial charge in [0.1, 0.15) is 0 Å². The van der Waals surface area contributed by atoms with Crippen molar-refractivity contribution in [3.05, 3.63) is 75.3 Å². The fraction of sp³-hybridized carbons (Fsp3) is 0.286. The molecule has 0 aliphatic heterocycles. The Morgan fingerprint density at radius 3 is 2.55 bits per heavy atom. The zero-order valence-corrected chi connectivity index (χ0v) is 16.6. The highest BCUT2D eigenvalue weighted by Gasteiger charge is 2.23. The fourth-order valence-electron chi connectivity index (χ4n) is 3.46. The standard InChI is InChI=1S/C21H21F2N5O/c1-12-5-8-17-14(9-12)19(29)27(4)20-26-25-18(28(17)20)11-24-21(2,3)13-6-7-15(22)16(23)10-13/h5-10,24H,11H2,1-4H3. The summed E-state index contributed by atoms with van der Waals surface area (Å²) in [6.07, 6.45) is 0. The highest BCUT2D eigenvalue weighted by Crippen LogP contribution is 2.23. The van der Waals surface area contributed by atoms with Crippen LogP contribution in [0.2, 0.25) is 0 Å². The van der Waals surface area contributed by atoms with E-state index in [1.54, 1.807) is 13.1 Å². The minimum atomic E-state index is -0.887. The summed E-state index contributed by atoms with van der Waals surface area (Å²) in [6, 6.07) is 9.52. The summed E-state index contributed by atoms with van der Waals surface area (Å²) in [6.45, 7) is 6.00. The van der Waals surface area contributed by atoms with E-state index in [9.17, 15) is 13.6 Å². The molecule has 0 radical (unpaired) electrons. The lowest BCUT2D eigenvalue weighted by Crippen LogP contribution is -2.36. The maximum Gasteiger partial charge on any atom is 0.262 e. The van der Waals surface area contributed by atoms with E-state index >= 15 is 0 Å². The molecule has 150 valence electrons. The summed E-state index contributed by atoms with van der Waals surface area (Å²) >= 11 is 0. The van der Waals surface area contributed by atoms with Gasteiger partial charge in [-0.05, 0) is 50.6 Å². The molecule has 4 rings (SSSR count). The number of aryl methyl sites for hydroxylation is 2. The van der Waals surface area contributed by atoms with Crippen molar-refractivity contribution >= 4 is 16.7 Å². The Bertz CT molecular complexity index is 1310. The molecule has 2 aromatic carbocycles. The quantitative estimate of drug-likeness (QED) is 0.575. The van der Waals surface area contributed by atoms with Gasteiger partial charge < -0.3 is 5.32 Å². The second kappa shape index (κ2) is 6.73. The van der Waals surface area contributed by atoms with E-state index in [0.29, 0.717) is 29.1 Å². The van der Waals surface area contributed by atoms with Crippen LogP contribution in [0.25, 0.3) is 16.7 Å². The minimum Gasteiger partial charge on any atom is -0.301 e. The summed E-state index contributed by atoms with van der Waals surface area (Å²) in [5.74, 6) is -0.716. The number of nitrogens with one attached hydrogen (secondary N) is 1. The number of halogens is 2. The van der Waals surface area contributed by atoms with E-state index in [2.05, 4.69) is 15.5 Å². The topological polar surface area (TPSA) is 64.2 Å². The van der Waals surface area contributed by atoms with Gasteiger partial charge in [0, 0.05) is 12.6 Å². The van der Waals surface area contributed by atoms with E-state index in [4.69, 9.17) is 0 Å². The molecule has 0 saturated heterocycles. The van der Waals surface area contributed by atoms with Crippen molar-refractivity contribution in [3.63, 3.8) is 0 Å². The van der Waals surface area contributed by atoms with Crippen molar-refractivity contribution in [2.75, 3.05) is 0 Å². The van der Waals surface area contributed by atoms with Gasteiger partial charge in [0.2, 0.25) is 5.78 Å². The van der Waals surface area contributed by atoms with Gasteiger partial charge in [0.05, 0.1) is 17.4 Å². The molecule has 6 nitrogen and oxygen atoms in total. The molecule has 0 aliphatic carbocycles. The molecule has 0 atom stereocenters. The van der Waals surface area contributed by atoms with Crippen LogP contribution in [0.15, 0.2) is 41.2 Å². The summed E-state index contributed by atoms with van der Waals surface area (Å²) in [5.41, 5.74) is 1.54. The zero-order valence-electron chi connectivity index (χ0n) is 16.6. The van der Waals surface area contributed by atoms with E-state index in [1.165, 1.54) is 10.6 Å². The predicted molar refractivity (Wildman–Crippen MR) is 107 cm³/mol. The Hall–Kier alpha value is -3.13. The average Bonchev–Trinajstić information content (AvgIpc) is 3.11. The molecule has 0 amide bonds. The van der Waals surface area contributed by atoms with Crippen LogP contribution in [0.3, 0.4) is 0 Å². The maximum absolute atomic E-state index is 13.7. The summed E-state index contributed by atoms with van der Waals surface area (Å²) in [5, 5.41) is 12.3. The van der Waals surface area contributed by atoms with Crippen LogP contribution in [0.4, 0.5) is 8.78 Å². The molecule has 4 aromatic rings. The Morgan fingerprint density at radius 1 is 1.07 bits per heavy atom. The maximum atomic E-state index is 13.7. The van der Waals surface area contributed by atoms with E-state index in [-0.39, 0.29) is 5.56 Å². The first-order chi connectivity index (χ1) is 13.7. The van der Waals surface area contributed by atoms with Crippen molar-refractivity contribution in [1.82, 2.24) is 24.5 Å². The molecule has 0 saturated carbocycles. The number of nitrogens with zero attached hydrogens (tertiary/aromatic N) is 4. The highest BCUT2D eigenvalue weighted by molar-refractivity contribution is 5.81. The molecule has 0 fully saturated rings.